The highest BCUT2D eigenvalue weighted by atomic mass is 16.2. The van der Waals surface area contributed by atoms with Crippen LogP contribution in [0.4, 0.5) is 0 Å². The van der Waals surface area contributed by atoms with Gasteiger partial charge in [-0.25, -0.2) is 0 Å². The normalized spacial score (nSPS) is 21.7. The molecule has 4 heteroatoms. The van der Waals surface area contributed by atoms with Crippen molar-refractivity contribution < 1.29 is 9.59 Å². The highest BCUT2D eigenvalue weighted by Gasteiger charge is 2.34. The number of nitrogens with zero attached hydrogens (tertiary/aromatic N) is 1. The Bertz CT molecular complexity index is 315. The Labute approximate surface area is 116 Å². The number of unbranched alkanes of at least 4 members (excludes halogenated alkanes) is 2. The lowest BCUT2D eigenvalue weighted by Gasteiger charge is -2.37. The summed E-state index contributed by atoms with van der Waals surface area (Å²) in [6.45, 7) is 8.59. The van der Waals surface area contributed by atoms with E-state index < -0.39 is 0 Å². The molecule has 110 valence electrons. The summed E-state index contributed by atoms with van der Waals surface area (Å²) in [5.41, 5.74) is 0. The van der Waals surface area contributed by atoms with E-state index >= 15 is 0 Å². The SMILES string of the molecule is CCCCCC(C)N1CC(=O)NC(CC(C)C)C1=O. The van der Waals surface area contributed by atoms with Gasteiger partial charge in [-0.15, -0.1) is 0 Å². The molecule has 1 aliphatic heterocycles. The zero-order valence-electron chi connectivity index (χ0n) is 12.7. The van der Waals surface area contributed by atoms with Crippen molar-refractivity contribution in [3.63, 3.8) is 0 Å². The Balaban J connectivity index is 2.60. The van der Waals surface area contributed by atoms with Crippen molar-refractivity contribution in [2.24, 2.45) is 5.92 Å². The van der Waals surface area contributed by atoms with E-state index in [1.165, 1.54) is 12.8 Å². The highest BCUT2D eigenvalue weighted by Crippen LogP contribution is 2.17. The van der Waals surface area contributed by atoms with Gasteiger partial charge in [-0.1, -0.05) is 40.0 Å². The maximum atomic E-state index is 12.4. The molecule has 0 saturated carbocycles. The third-order valence-corrected chi connectivity index (χ3v) is 3.69. The van der Waals surface area contributed by atoms with Gasteiger partial charge in [-0.3, -0.25) is 9.59 Å². The smallest absolute Gasteiger partial charge is 0.245 e. The van der Waals surface area contributed by atoms with E-state index in [2.05, 4.69) is 33.0 Å². The molecule has 0 spiro atoms. The average molecular weight is 268 g/mol. The number of rotatable bonds is 7. The first-order valence-electron chi connectivity index (χ1n) is 7.55. The van der Waals surface area contributed by atoms with Crippen LogP contribution in [0.25, 0.3) is 0 Å². The molecule has 0 aromatic carbocycles. The van der Waals surface area contributed by atoms with E-state index in [-0.39, 0.29) is 30.4 Å². The van der Waals surface area contributed by atoms with Crippen LogP contribution in [-0.2, 0) is 9.59 Å². The quantitative estimate of drug-likeness (QED) is 0.720. The number of hydrogen-bond donors (Lipinski definition) is 1. The van der Waals surface area contributed by atoms with Crippen LogP contribution in [0.1, 0.15) is 59.8 Å². The number of carbonyl (C=O) groups is 2. The summed E-state index contributed by atoms with van der Waals surface area (Å²) < 4.78 is 0. The predicted molar refractivity (Wildman–Crippen MR) is 76.7 cm³/mol. The van der Waals surface area contributed by atoms with E-state index in [0.29, 0.717) is 5.92 Å². The third kappa shape index (κ3) is 4.84. The highest BCUT2D eigenvalue weighted by molar-refractivity contribution is 5.95. The van der Waals surface area contributed by atoms with Gasteiger partial charge in [0.25, 0.3) is 0 Å². The molecule has 0 bridgehead atoms. The molecule has 2 unspecified atom stereocenters. The van der Waals surface area contributed by atoms with Crippen LogP contribution in [0.5, 0.6) is 0 Å². The summed E-state index contributed by atoms with van der Waals surface area (Å²) in [6.07, 6.45) is 5.20. The zero-order valence-corrected chi connectivity index (χ0v) is 12.7. The second-order valence-corrected chi connectivity index (χ2v) is 6.06. The van der Waals surface area contributed by atoms with E-state index in [1.807, 2.05) is 0 Å². The molecule has 0 radical (unpaired) electrons. The molecule has 1 heterocycles. The largest absolute Gasteiger partial charge is 0.343 e. The van der Waals surface area contributed by atoms with Gasteiger partial charge in [0.15, 0.2) is 0 Å². The molecule has 1 saturated heterocycles. The first-order valence-corrected chi connectivity index (χ1v) is 7.55. The van der Waals surface area contributed by atoms with Crippen molar-refractivity contribution in [1.82, 2.24) is 10.2 Å². The second kappa shape index (κ2) is 7.51. The summed E-state index contributed by atoms with van der Waals surface area (Å²) in [5, 5.41) is 2.82. The molecular weight excluding hydrogens is 240 g/mol. The van der Waals surface area contributed by atoms with E-state index in [9.17, 15) is 9.59 Å². The van der Waals surface area contributed by atoms with Gasteiger partial charge >= 0.3 is 0 Å². The second-order valence-electron chi connectivity index (χ2n) is 6.06. The average Bonchev–Trinajstić information content (AvgIpc) is 2.32. The van der Waals surface area contributed by atoms with Crippen LogP contribution in [0.2, 0.25) is 0 Å². The fraction of sp³-hybridized carbons (Fsp3) is 0.867. The molecule has 1 fully saturated rings. The van der Waals surface area contributed by atoms with Crippen molar-refractivity contribution in [1.29, 1.82) is 0 Å². The fourth-order valence-electron chi connectivity index (χ4n) is 2.58. The van der Waals surface area contributed by atoms with Crippen molar-refractivity contribution in [2.45, 2.75) is 71.9 Å². The third-order valence-electron chi connectivity index (χ3n) is 3.69. The van der Waals surface area contributed by atoms with Crippen LogP contribution in [0.3, 0.4) is 0 Å². The van der Waals surface area contributed by atoms with Crippen LogP contribution < -0.4 is 5.32 Å². The van der Waals surface area contributed by atoms with Gasteiger partial charge < -0.3 is 10.2 Å². The van der Waals surface area contributed by atoms with Crippen LogP contribution in [0.15, 0.2) is 0 Å². The fourth-order valence-corrected chi connectivity index (χ4v) is 2.58. The Morgan fingerprint density at radius 3 is 2.53 bits per heavy atom. The monoisotopic (exact) mass is 268 g/mol. The summed E-state index contributed by atoms with van der Waals surface area (Å²) >= 11 is 0. The van der Waals surface area contributed by atoms with Gasteiger partial charge in [0.1, 0.15) is 6.04 Å². The lowest BCUT2D eigenvalue weighted by atomic mass is 9.99. The predicted octanol–water partition coefficient (Wildman–Crippen LogP) is 2.33. The first kappa shape index (κ1) is 16.0. The summed E-state index contributed by atoms with van der Waals surface area (Å²) in [5.74, 6) is 0.481. The Morgan fingerprint density at radius 1 is 1.26 bits per heavy atom. The number of hydrogen-bond acceptors (Lipinski definition) is 2. The summed E-state index contributed by atoms with van der Waals surface area (Å²) in [6, 6.07) is -0.158. The Morgan fingerprint density at radius 2 is 1.95 bits per heavy atom. The van der Waals surface area contributed by atoms with Crippen LogP contribution in [0, 0.1) is 5.92 Å². The van der Waals surface area contributed by atoms with E-state index in [4.69, 9.17) is 0 Å². The standard InChI is InChI=1S/C15H28N2O2/c1-5-6-7-8-12(4)17-10-14(18)16-13(15(17)19)9-11(2)3/h11-13H,5-10H2,1-4H3,(H,16,18). The Hall–Kier alpha value is -1.06. The molecule has 1 rings (SSSR count). The summed E-state index contributed by atoms with van der Waals surface area (Å²) in [4.78, 5) is 25.9. The molecule has 0 aromatic heterocycles. The first-order chi connectivity index (χ1) is 8.95. The minimum Gasteiger partial charge on any atom is -0.343 e. The van der Waals surface area contributed by atoms with Gasteiger partial charge in [0.05, 0.1) is 6.54 Å². The molecule has 0 aliphatic carbocycles. The molecule has 19 heavy (non-hydrogen) atoms. The zero-order chi connectivity index (χ0) is 14.4. The number of nitrogens with one attached hydrogen (secondary N) is 1. The minimum absolute atomic E-state index is 0.0207. The maximum Gasteiger partial charge on any atom is 0.245 e. The van der Waals surface area contributed by atoms with Crippen molar-refractivity contribution in [3.05, 3.63) is 0 Å². The van der Waals surface area contributed by atoms with Gasteiger partial charge in [0.2, 0.25) is 11.8 Å². The van der Waals surface area contributed by atoms with Crippen LogP contribution >= 0.6 is 0 Å². The maximum absolute atomic E-state index is 12.4. The Kier molecular flexibility index (Phi) is 6.32. The number of amides is 2. The topological polar surface area (TPSA) is 49.4 Å². The minimum atomic E-state index is -0.324. The van der Waals surface area contributed by atoms with Gasteiger partial charge in [-0.2, -0.15) is 0 Å². The van der Waals surface area contributed by atoms with Crippen molar-refractivity contribution in [3.8, 4) is 0 Å². The molecule has 4 nitrogen and oxygen atoms in total. The molecular formula is C15H28N2O2. The van der Waals surface area contributed by atoms with E-state index in [1.54, 1.807) is 4.90 Å². The molecule has 1 aliphatic rings. The van der Waals surface area contributed by atoms with Crippen molar-refractivity contribution >= 4 is 11.8 Å². The summed E-state index contributed by atoms with van der Waals surface area (Å²) in [7, 11) is 0. The number of piperazine rings is 1. The molecule has 1 N–H and O–H groups in total. The lowest BCUT2D eigenvalue weighted by molar-refractivity contribution is -0.146. The molecule has 2 atom stereocenters. The van der Waals surface area contributed by atoms with Gasteiger partial charge in [0, 0.05) is 6.04 Å². The van der Waals surface area contributed by atoms with E-state index in [0.717, 1.165) is 19.3 Å². The molecule has 2 amide bonds. The molecule has 0 aromatic rings. The lowest BCUT2D eigenvalue weighted by Crippen LogP contribution is -2.60. The number of carbonyl (C=O) groups excluding carboxylic acids is 2. The van der Waals surface area contributed by atoms with Gasteiger partial charge in [-0.05, 0) is 25.7 Å². The van der Waals surface area contributed by atoms with Crippen LogP contribution in [-0.4, -0.2) is 35.3 Å². The van der Waals surface area contributed by atoms with Crippen molar-refractivity contribution in [2.75, 3.05) is 6.54 Å².